The second-order valence-electron chi connectivity index (χ2n) is 6.19. The van der Waals surface area contributed by atoms with Gasteiger partial charge < -0.3 is 25.0 Å². The van der Waals surface area contributed by atoms with Crippen LogP contribution >= 0.6 is 11.8 Å². The number of carbonyl (C=O) groups excluding carboxylic acids is 3. The van der Waals surface area contributed by atoms with E-state index in [4.69, 9.17) is 9.47 Å². The van der Waals surface area contributed by atoms with Gasteiger partial charge in [0, 0.05) is 19.4 Å². The van der Waals surface area contributed by atoms with Gasteiger partial charge in [-0.15, -0.1) is 0 Å². The molecule has 0 radical (unpaired) electrons. The summed E-state index contributed by atoms with van der Waals surface area (Å²) in [4.78, 5) is 35.5. The van der Waals surface area contributed by atoms with Crippen molar-refractivity contribution in [3.8, 4) is 0 Å². The van der Waals surface area contributed by atoms with Crippen LogP contribution in [0.4, 0.5) is 0 Å². The molecule has 1 fully saturated rings. The largest absolute Gasteiger partial charge is 0.458 e. The topological polar surface area (TPSA) is 122 Å². The highest BCUT2D eigenvalue weighted by Crippen LogP contribution is 2.33. The van der Waals surface area contributed by atoms with Gasteiger partial charge in [0.2, 0.25) is 6.10 Å². The average Bonchev–Trinajstić information content (AvgIpc) is 2.84. The molecule has 0 spiro atoms. The van der Waals surface area contributed by atoms with Crippen LogP contribution in [0.1, 0.15) is 25.5 Å². The molecule has 0 heterocycles. The lowest BCUT2D eigenvalue weighted by molar-refractivity contribution is -0.155. The molecule has 1 aliphatic rings. The molecule has 2 rings (SSSR count). The van der Waals surface area contributed by atoms with Crippen molar-refractivity contribution >= 4 is 29.6 Å². The molecular formula is C18H23NO7S. The maximum absolute atomic E-state index is 12.8. The molecule has 3 N–H and O–H groups in total. The number of hydrogen-bond acceptors (Lipinski definition) is 8. The van der Waals surface area contributed by atoms with Crippen LogP contribution in [-0.4, -0.2) is 63.9 Å². The normalized spacial score (nSPS) is 28.3. The van der Waals surface area contributed by atoms with Gasteiger partial charge in [-0.2, -0.15) is 11.8 Å². The van der Waals surface area contributed by atoms with Gasteiger partial charge >= 0.3 is 11.9 Å². The molecule has 1 aromatic carbocycles. The van der Waals surface area contributed by atoms with E-state index in [0.717, 1.165) is 0 Å². The molecule has 0 unspecified atom stereocenters. The van der Waals surface area contributed by atoms with E-state index in [0.29, 0.717) is 5.56 Å². The van der Waals surface area contributed by atoms with E-state index in [1.54, 1.807) is 36.6 Å². The molecule has 6 atom stereocenters. The maximum Gasteiger partial charge on any atom is 0.303 e. The highest BCUT2D eigenvalue weighted by Gasteiger charge is 2.52. The van der Waals surface area contributed by atoms with Gasteiger partial charge in [-0.3, -0.25) is 14.4 Å². The van der Waals surface area contributed by atoms with Crippen LogP contribution in [-0.2, 0) is 23.9 Å². The average molecular weight is 397 g/mol. The Morgan fingerprint density at radius 3 is 2.22 bits per heavy atom. The molecule has 0 saturated heterocycles. The van der Waals surface area contributed by atoms with Crippen molar-refractivity contribution in [3.63, 3.8) is 0 Å². The van der Waals surface area contributed by atoms with Gasteiger partial charge in [-0.1, -0.05) is 30.3 Å². The van der Waals surface area contributed by atoms with Gasteiger partial charge in [0.1, 0.15) is 18.3 Å². The van der Waals surface area contributed by atoms with Crippen molar-refractivity contribution in [3.05, 3.63) is 35.9 Å². The third-order valence-electron chi connectivity index (χ3n) is 4.24. The van der Waals surface area contributed by atoms with Gasteiger partial charge in [-0.25, -0.2) is 0 Å². The number of hydrogen-bond donors (Lipinski definition) is 3. The molecule has 148 valence electrons. The highest BCUT2D eigenvalue weighted by molar-refractivity contribution is 7.99. The first-order valence-corrected chi connectivity index (χ1v) is 9.63. The Labute approximate surface area is 161 Å². The third kappa shape index (κ3) is 5.00. The van der Waals surface area contributed by atoms with Crippen LogP contribution in [0.25, 0.3) is 0 Å². The number of amides is 1. The monoisotopic (exact) mass is 397 g/mol. The second-order valence-corrected chi connectivity index (χ2v) is 7.21. The lowest BCUT2D eigenvalue weighted by Crippen LogP contribution is -2.49. The number of thioether (sulfide) groups is 1. The Bertz CT molecular complexity index is 684. The minimum absolute atomic E-state index is 0.468. The van der Waals surface area contributed by atoms with E-state index in [1.165, 1.54) is 25.6 Å². The molecule has 27 heavy (non-hydrogen) atoms. The van der Waals surface area contributed by atoms with Crippen molar-refractivity contribution in [2.24, 2.45) is 0 Å². The lowest BCUT2D eigenvalue weighted by atomic mass is 10.1. The van der Waals surface area contributed by atoms with E-state index in [9.17, 15) is 24.6 Å². The third-order valence-corrected chi connectivity index (χ3v) is 5.35. The first-order valence-electron chi connectivity index (χ1n) is 8.35. The van der Waals surface area contributed by atoms with Gasteiger partial charge in [0.05, 0.1) is 11.3 Å². The van der Waals surface area contributed by atoms with E-state index >= 15 is 0 Å². The fraction of sp³-hybridized carbons (Fsp3) is 0.500. The summed E-state index contributed by atoms with van der Waals surface area (Å²) in [6, 6.07) is 7.55. The molecular weight excluding hydrogens is 374 g/mol. The zero-order chi connectivity index (χ0) is 20.1. The number of nitrogens with one attached hydrogen (secondary N) is 1. The van der Waals surface area contributed by atoms with Crippen molar-refractivity contribution in [1.82, 2.24) is 5.32 Å². The zero-order valence-electron chi connectivity index (χ0n) is 15.2. The Hall–Kier alpha value is -2.10. The summed E-state index contributed by atoms with van der Waals surface area (Å²) in [7, 11) is 0. The van der Waals surface area contributed by atoms with Gasteiger partial charge in [0.15, 0.2) is 0 Å². The van der Waals surface area contributed by atoms with E-state index in [1.807, 2.05) is 0 Å². The Morgan fingerprint density at radius 1 is 1.07 bits per heavy atom. The van der Waals surface area contributed by atoms with Crippen molar-refractivity contribution < 1.29 is 34.1 Å². The van der Waals surface area contributed by atoms with E-state index < -0.39 is 53.6 Å². The van der Waals surface area contributed by atoms with Crippen LogP contribution < -0.4 is 5.32 Å². The number of benzene rings is 1. The van der Waals surface area contributed by atoms with E-state index in [2.05, 4.69) is 5.32 Å². The van der Waals surface area contributed by atoms with Crippen LogP contribution in [0.15, 0.2) is 30.3 Å². The molecule has 9 heteroatoms. The summed E-state index contributed by atoms with van der Waals surface area (Å²) in [6.45, 7) is 2.40. The molecule has 0 aliphatic heterocycles. The first-order chi connectivity index (χ1) is 12.8. The predicted molar refractivity (Wildman–Crippen MR) is 97.8 cm³/mol. The summed E-state index contributed by atoms with van der Waals surface area (Å²) in [6.07, 6.45) is -3.15. The molecule has 1 amide bonds. The van der Waals surface area contributed by atoms with Crippen LogP contribution in [0.5, 0.6) is 0 Å². The van der Waals surface area contributed by atoms with Crippen LogP contribution in [0, 0.1) is 0 Å². The summed E-state index contributed by atoms with van der Waals surface area (Å²) in [5, 5.41) is 22.6. The molecule has 0 aromatic heterocycles. The maximum atomic E-state index is 12.8. The number of aliphatic hydroxyl groups excluding tert-OH is 2. The molecule has 1 saturated carbocycles. The molecule has 1 aliphatic carbocycles. The second kappa shape index (κ2) is 9.20. The Morgan fingerprint density at radius 2 is 1.70 bits per heavy atom. The lowest BCUT2D eigenvalue weighted by Gasteiger charge is -2.26. The summed E-state index contributed by atoms with van der Waals surface area (Å²) in [5.41, 5.74) is 0.468. The standard InChI is InChI=1S/C18H23NO7S/c1-9(20)25-15(11-7-5-4-6-8-11)18(24)19-12-13(22)14(23)16(17(12)27-3)26-10(2)21/h4-8,12-17,22-23H,1-3H3,(H,19,24)/t12-,13+,14+,15-,16+,17+/m1/s1. The zero-order valence-corrected chi connectivity index (χ0v) is 16.0. The number of aliphatic hydroxyl groups is 2. The van der Waals surface area contributed by atoms with Gasteiger partial charge in [0.25, 0.3) is 5.91 Å². The number of esters is 2. The highest BCUT2D eigenvalue weighted by atomic mass is 32.2. The number of carbonyl (C=O) groups is 3. The summed E-state index contributed by atoms with van der Waals surface area (Å²) >= 11 is 1.24. The quantitative estimate of drug-likeness (QED) is 0.581. The van der Waals surface area contributed by atoms with Crippen molar-refractivity contribution in [1.29, 1.82) is 0 Å². The predicted octanol–water partition coefficient (Wildman–Crippen LogP) is 0.174. The molecule has 0 bridgehead atoms. The first kappa shape index (κ1) is 21.2. The molecule has 1 aromatic rings. The SMILES string of the molecule is CS[C@H]1[C@H](NC(=O)[C@H](OC(C)=O)c2ccccc2)[C@H](O)[C@H](O)[C@@H]1OC(C)=O. The van der Waals surface area contributed by atoms with Crippen LogP contribution in [0.2, 0.25) is 0 Å². The minimum Gasteiger partial charge on any atom is -0.458 e. The number of rotatable bonds is 6. The van der Waals surface area contributed by atoms with Crippen molar-refractivity contribution in [2.75, 3.05) is 6.26 Å². The number of ether oxygens (including phenoxy) is 2. The molecule has 8 nitrogen and oxygen atoms in total. The van der Waals surface area contributed by atoms with Gasteiger partial charge in [-0.05, 0) is 6.26 Å². The Kier molecular flexibility index (Phi) is 7.23. The van der Waals surface area contributed by atoms with E-state index in [-0.39, 0.29) is 0 Å². The summed E-state index contributed by atoms with van der Waals surface area (Å²) < 4.78 is 10.3. The fourth-order valence-corrected chi connectivity index (χ4v) is 4.09. The smallest absolute Gasteiger partial charge is 0.303 e. The minimum atomic E-state index is -1.35. The summed E-state index contributed by atoms with van der Waals surface area (Å²) in [5.74, 6) is -1.88. The fourth-order valence-electron chi connectivity index (χ4n) is 3.08. The van der Waals surface area contributed by atoms with Crippen LogP contribution in [0.3, 0.4) is 0 Å². The Balaban J connectivity index is 2.22. The van der Waals surface area contributed by atoms with Crippen molar-refractivity contribution in [2.45, 2.75) is 49.6 Å².